The third-order valence-corrected chi connectivity index (χ3v) is 6.24. The van der Waals surface area contributed by atoms with Crippen LogP contribution in [0.3, 0.4) is 0 Å². The van der Waals surface area contributed by atoms with E-state index >= 15 is 0 Å². The fourth-order valence-corrected chi connectivity index (χ4v) is 4.22. The van der Waals surface area contributed by atoms with Crippen LogP contribution in [-0.2, 0) is 11.3 Å². The maximum Gasteiger partial charge on any atom is 0.324 e. The van der Waals surface area contributed by atoms with Crippen molar-refractivity contribution in [2.24, 2.45) is 0 Å². The van der Waals surface area contributed by atoms with Crippen molar-refractivity contribution in [1.29, 1.82) is 0 Å². The van der Waals surface area contributed by atoms with Crippen molar-refractivity contribution < 1.29 is 19.6 Å². The fourth-order valence-electron chi connectivity index (χ4n) is 4.22. The summed E-state index contributed by atoms with van der Waals surface area (Å²) in [4.78, 5) is 39.2. The molecule has 43 heavy (non-hydrogen) atoms. The van der Waals surface area contributed by atoms with Crippen LogP contribution >= 0.6 is 0 Å². The lowest BCUT2D eigenvalue weighted by atomic mass is 9.90. The number of carbonyl (C=O) groups excluding carboxylic acids is 3. The van der Waals surface area contributed by atoms with Crippen LogP contribution < -0.4 is 10.8 Å². The number of nitrogens with one attached hydrogen (secondary N) is 2. The van der Waals surface area contributed by atoms with E-state index < -0.39 is 17.8 Å². The van der Waals surface area contributed by atoms with E-state index in [0.29, 0.717) is 12.1 Å². The molecule has 0 atom stereocenters. The number of hydrogen-bond donors (Lipinski definition) is 3. The highest BCUT2D eigenvalue weighted by Crippen LogP contribution is 2.26. The summed E-state index contributed by atoms with van der Waals surface area (Å²) in [5.41, 5.74) is 5.66. The largest absolute Gasteiger partial charge is 0.324 e. The summed E-state index contributed by atoms with van der Waals surface area (Å²) in [6, 6.07) is 35.4. The molecular formula is C36H41N3O4. The van der Waals surface area contributed by atoms with Crippen LogP contribution in [0.1, 0.15) is 66.2 Å². The number of rotatable bonds is 9. The summed E-state index contributed by atoms with van der Waals surface area (Å²) < 4.78 is 0. The Morgan fingerprint density at radius 2 is 1.21 bits per heavy atom. The lowest BCUT2D eigenvalue weighted by Gasteiger charge is -2.28. The van der Waals surface area contributed by atoms with Gasteiger partial charge in [0.05, 0.1) is 0 Å². The normalized spacial score (nSPS) is 10.1. The number of nitrogens with zero attached hydrogens (tertiary/aromatic N) is 1. The minimum atomic E-state index is -0.627. The zero-order valence-electron chi connectivity index (χ0n) is 25.2. The highest BCUT2D eigenvalue weighted by atomic mass is 16.5. The van der Waals surface area contributed by atoms with Crippen LogP contribution in [0.2, 0.25) is 0 Å². The first kappa shape index (κ1) is 34.2. The third-order valence-electron chi connectivity index (χ3n) is 6.24. The SMILES string of the molecule is CC.CC.O=C(/C=C/c1ccc(CN(CC(c2ccccc2)c2ccccc2)C(=O)NC(=O)c2ccccc2)cc1)NO. The average molecular weight is 580 g/mol. The molecule has 0 saturated heterocycles. The van der Waals surface area contributed by atoms with E-state index in [-0.39, 0.29) is 12.5 Å². The number of imide groups is 1. The Morgan fingerprint density at radius 3 is 1.70 bits per heavy atom. The van der Waals surface area contributed by atoms with Gasteiger partial charge in [0.1, 0.15) is 0 Å². The number of urea groups is 1. The molecule has 0 heterocycles. The Labute approximate surface area is 254 Å². The number of carbonyl (C=O) groups is 3. The molecule has 0 spiro atoms. The van der Waals surface area contributed by atoms with Crippen LogP contribution in [0.4, 0.5) is 4.79 Å². The molecule has 4 rings (SSSR count). The first-order valence-corrected chi connectivity index (χ1v) is 14.5. The zero-order chi connectivity index (χ0) is 31.5. The molecule has 3 N–H and O–H groups in total. The van der Waals surface area contributed by atoms with E-state index in [1.807, 2.05) is 119 Å². The molecule has 4 amide bonds. The number of hydroxylamine groups is 1. The first-order chi connectivity index (χ1) is 21.0. The van der Waals surface area contributed by atoms with Gasteiger partial charge in [-0.25, -0.2) is 10.3 Å². The van der Waals surface area contributed by atoms with Crippen LogP contribution in [-0.4, -0.2) is 34.5 Å². The van der Waals surface area contributed by atoms with E-state index in [2.05, 4.69) is 5.32 Å². The zero-order valence-corrected chi connectivity index (χ0v) is 25.2. The van der Waals surface area contributed by atoms with E-state index in [1.165, 1.54) is 6.08 Å². The summed E-state index contributed by atoms with van der Waals surface area (Å²) in [7, 11) is 0. The molecule has 0 saturated carbocycles. The Kier molecular flexibility index (Phi) is 15.2. The monoisotopic (exact) mass is 579 g/mol. The number of benzene rings is 4. The summed E-state index contributed by atoms with van der Waals surface area (Å²) in [5, 5.41) is 11.2. The quantitative estimate of drug-likeness (QED) is 0.109. The van der Waals surface area contributed by atoms with E-state index in [0.717, 1.165) is 22.3 Å². The lowest BCUT2D eigenvalue weighted by molar-refractivity contribution is -0.124. The van der Waals surface area contributed by atoms with Gasteiger partial charge in [0.15, 0.2) is 0 Å². The van der Waals surface area contributed by atoms with Crippen LogP contribution in [0.15, 0.2) is 121 Å². The lowest BCUT2D eigenvalue weighted by Crippen LogP contribution is -2.44. The van der Waals surface area contributed by atoms with Gasteiger partial charge in [-0.3, -0.25) is 20.1 Å². The molecule has 0 fully saturated rings. The minimum absolute atomic E-state index is 0.121. The maximum absolute atomic E-state index is 13.5. The fraction of sp³-hybridized carbons (Fsp3) is 0.194. The molecular weight excluding hydrogens is 538 g/mol. The summed E-state index contributed by atoms with van der Waals surface area (Å²) in [5.74, 6) is -1.22. The molecule has 0 aromatic heterocycles. The molecule has 7 nitrogen and oxygen atoms in total. The molecule has 0 radical (unpaired) electrons. The van der Waals surface area contributed by atoms with Gasteiger partial charge in [0.25, 0.3) is 11.8 Å². The van der Waals surface area contributed by atoms with Crippen molar-refractivity contribution in [3.63, 3.8) is 0 Å². The molecule has 0 aliphatic heterocycles. The molecule has 224 valence electrons. The minimum Gasteiger partial charge on any atom is -0.319 e. The second kappa shape index (κ2) is 19.2. The van der Waals surface area contributed by atoms with Gasteiger partial charge in [0.2, 0.25) is 0 Å². The van der Waals surface area contributed by atoms with Crippen LogP contribution in [0, 0.1) is 0 Å². The van der Waals surface area contributed by atoms with Gasteiger partial charge in [-0.15, -0.1) is 0 Å². The molecule has 0 unspecified atom stereocenters. The van der Waals surface area contributed by atoms with Crippen molar-refractivity contribution in [2.45, 2.75) is 40.2 Å². The van der Waals surface area contributed by atoms with Crippen LogP contribution in [0.25, 0.3) is 6.08 Å². The van der Waals surface area contributed by atoms with Gasteiger partial charge >= 0.3 is 6.03 Å². The van der Waals surface area contributed by atoms with Crippen molar-refractivity contribution in [1.82, 2.24) is 15.7 Å². The van der Waals surface area contributed by atoms with Gasteiger partial charge in [-0.2, -0.15) is 0 Å². The van der Waals surface area contributed by atoms with Gasteiger partial charge in [0, 0.05) is 30.6 Å². The second-order valence-corrected chi connectivity index (χ2v) is 8.93. The Bertz CT molecular complexity index is 1370. The highest BCUT2D eigenvalue weighted by molar-refractivity contribution is 6.04. The molecule has 0 aliphatic carbocycles. The molecule has 4 aromatic rings. The van der Waals surface area contributed by atoms with Crippen molar-refractivity contribution in [2.75, 3.05) is 6.54 Å². The molecule has 0 aliphatic rings. The molecule has 4 aromatic carbocycles. The van der Waals surface area contributed by atoms with E-state index in [9.17, 15) is 14.4 Å². The average Bonchev–Trinajstić information content (AvgIpc) is 3.09. The second-order valence-electron chi connectivity index (χ2n) is 8.93. The topological polar surface area (TPSA) is 98.7 Å². The first-order valence-electron chi connectivity index (χ1n) is 14.5. The van der Waals surface area contributed by atoms with Gasteiger partial charge < -0.3 is 4.90 Å². The Hall–Kier alpha value is -5.01. The van der Waals surface area contributed by atoms with Crippen LogP contribution in [0.5, 0.6) is 0 Å². The summed E-state index contributed by atoms with van der Waals surface area (Å²) in [6.07, 6.45) is 2.79. The van der Waals surface area contributed by atoms with Crippen molar-refractivity contribution in [3.05, 3.63) is 149 Å². The van der Waals surface area contributed by atoms with Gasteiger partial charge in [-0.05, 0) is 40.5 Å². The Balaban J connectivity index is 0.00000155. The smallest absolute Gasteiger partial charge is 0.319 e. The highest BCUT2D eigenvalue weighted by Gasteiger charge is 2.24. The predicted octanol–water partition coefficient (Wildman–Crippen LogP) is 7.44. The molecule has 7 heteroatoms. The standard InChI is InChI=1S/C32H29N3O4.2C2H6/c36-30(34-39)21-20-24-16-18-25(19-17-24)22-35(32(38)33-31(37)28-14-8-3-9-15-28)23-29(26-10-4-1-5-11-26)27-12-6-2-7-13-27;2*1-2/h1-21,29,39H,22-23H2,(H,34,36)(H,33,37,38);2*1-2H3/b21-20+;;. The maximum atomic E-state index is 13.5. The summed E-state index contributed by atoms with van der Waals surface area (Å²) >= 11 is 0. The summed E-state index contributed by atoms with van der Waals surface area (Å²) in [6.45, 7) is 8.59. The van der Waals surface area contributed by atoms with E-state index in [4.69, 9.17) is 5.21 Å². The number of hydrogen-bond acceptors (Lipinski definition) is 4. The van der Waals surface area contributed by atoms with E-state index in [1.54, 1.807) is 40.7 Å². The molecule has 0 bridgehead atoms. The number of amides is 4. The van der Waals surface area contributed by atoms with Crippen molar-refractivity contribution in [3.8, 4) is 0 Å². The van der Waals surface area contributed by atoms with Gasteiger partial charge in [-0.1, -0.05) is 131 Å². The predicted molar refractivity (Wildman–Crippen MR) is 173 cm³/mol. The Morgan fingerprint density at radius 1 is 0.721 bits per heavy atom. The van der Waals surface area contributed by atoms with Crippen molar-refractivity contribution >= 4 is 23.9 Å². The third kappa shape index (κ3) is 11.1.